The molecule has 27 heavy (non-hydrogen) atoms. The van der Waals surface area contributed by atoms with Crippen LogP contribution in [0.15, 0.2) is 58.7 Å². The van der Waals surface area contributed by atoms with Gasteiger partial charge in [-0.1, -0.05) is 0 Å². The summed E-state index contributed by atoms with van der Waals surface area (Å²) in [5, 5.41) is 29.7. The van der Waals surface area contributed by atoms with Crippen molar-refractivity contribution in [3.05, 3.63) is 68.8 Å². The minimum Gasteiger partial charge on any atom is -0.279 e. The van der Waals surface area contributed by atoms with Gasteiger partial charge in [-0.15, -0.1) is 0 Å². The number of nitro benzene ring substituents is 2. The zero-order chi connectivity index (χ0) is 19.8. The van der Waals surface area contributed by atoms with Crippen molar-refractivity contribution in [1.29, 1.82) is 0 Å². The third-order valence-corrected chi connectivity index (χ3v) is 3.42. The molecule has 0 saturated heterocycles. The first-order valence-electron chi connectivity index (χ1n) is 7.92. The highest BCUT2D eigenvalue weighted by Gasteiger charge is 2.04. The summed E-state index contributed by atoms with van der Waals surface area (Å²) in [5.41, 5.74) is 8.50. The molecule has 140 valence electrons. The monoisotopic (exact) mass is 370 g/mol. The van der Waals surface area contributed by atoms with Gasteiger partial charge in [-0.3, -0.25) is 31.1 Å². The van der Waals surface area contributed by atoms with Crippen molar-refractivity contribution >= 4 is 34.2 Å². The van der Waals surface area contributed by atoms with Gasteiger partial charge in [-0.05, 0) is 38.1 Å². The molecule has 0 bridgehead atoms. The van der Waals surface area contributed by atoms with Crippen molar-refractivity contribution in [2.75, 3.05) is 10.9 Å². The summed E-state index contributed by atoms with van der Waals surface area (Å²) in [7, 11) is 0. The van der Waals surface area contributed by atoms with Gasteiger partial charge in [0, 0.05) is 42.1 Å². The fraction of sp³-hybridized carbons (Fsp3) is 0.176. The van der Waals surface area contributed by atoms with Crippen LogP contribution in [0, 0.1) is 20.2 Å². The summed E-state index contributed by atoms with van der Waals surface area (Å²) in [4.78, 5) is 20.3. The smallest absolute Gasteiger partial charge is 0.269 e. The number of hydrogen-bond donors (Lipinski definition) is 2. The van der Waals surface area contributed by atoms with E-state index in [2.05, 4.69) is 21.1 Å². The number of hydrazone groups is 2. The van der Waals surface area contributed by atoms with Gasteiger partial charge < -0.3 is 0 Å². The first-order chi connectivity index (χ1) is 12.8. The summed E-state index contributed by atoms with van der Waals surface area (Å²) in [6.45, 7) is 3.65. The molecule has 2 aromatic carbocycles. The molecule has 0 heterocycles. The topological polar surface area (TPSA) is 135 Å². The van der Waals surface area contributed by atoms with Crippen LogP contribution in [-0.2, 0) is 0 Å². The minimum atomic E-state index is -0.462. The van der Waals surface area contributed by atoms with E-state index in [0.29, 0.717) is 17.8 Å². The third kappa shape index (κ3) is 6.20. The van der Waals surface area contributed by atoms with E-state index in [9.17, 15) is 20.2 Å². The number of anilines is 2. The Morgan fingerprint density at radius 1 is 0.778 bits per heavy atom. The van der Waals surface area contributed by atoms with Crippen molar-refractivity contribution in [2.24, 2.45) is 10.2 Å². The molecule has 0 aliphatic heterocycles. The Kier molecular flexibility index (Phi) is 6.53. The second-order valence-corrected chi connectivity index (χ2v) is 5.70. The normalized spacial score (nSPS) is 11.8. The number of nitrogens with one attached hydrogen (secondary N) is 2. The highest BCUT2D eigenvalue weighted by Crippen LogP contribution is 2.16. The largest absolute Gasteiger partial charge is 0.279 e. The zero-order valence-electron chi connectivity index (χ0n) is 14.7. The standard InChI is InChI=1S/C17H18N6O4/c1-12(18-20-14-3-7-16(8-4-14)22(24)25)11-13(2)19-21-15-5-9-17(10-6-15)23(26)27/h3-10,20-21H,11H2,1-2H3/b18-12-,19-13+. The fourth-order valence-corrected chi connectivity index (χ4v) is 2.08. The van der Waals surface area contributed by atoms with E-state index in [1.165, 1.54) is 24.3 Å². The highest BCUT2D eigenvalue weighted by molar-refractivity contribution is 6.02. The van der Waals surface area contributed by atoms with Gasteiger partial charge in [0.25, 0.3) is 11.4 Å². The van der Waals surface area contributed by atoms with Crippen LogP contribution in [-0.4, -0.2) is 21.3 Å². The molecule has 0 unspecified atom stereocenters. The van der Waals surface area contributed by atoms with Gasteiger partial charge in [0.15, 0.2) is 0 Å². The van der Waals surface area contributed by atoms with Crippen molar-refractivity contribution < 1.29 is 9.85 Å². The molecule has 0 radical (unpaired) electrons. The Balaban J connectivity index is 1.88. The van der Waals surface area contributed by atoms with Gasteiger partial charge in [0.05, 0.1) is 21.2 Å². The van der Waals surface area contributed by atoms with Gasteiger partial charge in [-0.2, -0.15) is 10.2 Å². The predicted molar refractivity (Wildman–Crippen MR) is 104 cm³/mol. The van der Waals surface area contributed by atoms with Crippen LogP contribution >= 0.6 is 0 Å². The summed E-state index contributed by atoms with van der Waals surface area (Å²) < 4.78 is 0. The molecule has 10 nitrogen and oxygen atoms in total. The first-order valence-corrected chi connectivity index (χ1v) is 7.92. The fourth-order valence-electron chi connectivity index (χ4n) is 2.08. The lowest BCUT2D eigenvalue weighted by atomic mass is 10.2. The van der Waals surface area contributed by atoms with Crippen LogP contribution in [0.25, 0.3) is 0 Å². The van der Waals surface area contributed by atoms with Crippen LogP contribution < -0.4 is 10.9 Å². The number of nitro groups is 2. The number of nitrogens with zero attached hydrogens (tertiary/aromatic N) is 4. The number of rotatable bonds is 8. The molecule has 0 aliphatic carbocycles. The van der Waals surface area contributed by atoms with E-state index < -0.39 is 9.85 Å². The second kappa shape index (κ2) is 9.04. The molecule has 0 atom stereocenters. The molecule has 2 rings (SSSR count). The predicted octanol–water partition coefficient (Wildman–Crippen LogP) is 4.17. The van der Waals surface area contributed by atoms with E-state index in [1.54, 1.807) is 24.3 Å². The molecule has 10 heteroatoms. The molecule has 0 fully saturated rings. The zero-order valence-corrected chi connectivity index (χ0v) is 14.7. The van der Waals surface area contributed by atoms with Gasteiger partial charge in [-0.25, -0.2) is 0 Å². The molecule has 0 aromatic heterocycles. The number of benzene rings is 2. The van der Waals surface area contributed by atoms with Gasteiger partial charge in [0.1, 0.15) is 0 Å². The van der Waals surface area contributed by atoms with Gasteiger partial charge in [0.2, 0.25) is 0 Å². The Hall–Kier alpha value is -3.82. The Morgan fingerprint density at radius 3 is 1.41 bits per heavy atom. The molecule has 2 N–H and O–H groups in total. The molecular weight excluding hydrogens is 352 g/mol. The summed E-state index contributed by atoms with van der Waals surface area (Å²) >= 11 is 0. The molecule has 0 amide bonds. The third-order valence-electron chi connectivity index (χ3n) is 3.42. The van der Waals surface area contributed by atoms with Crippen molar-refractivity contribution in [3.8, 4) is 0 Å². The van der Waals surface area contributed by atoms with E-state index in [0.717, 1.165) is 11.4 Å². The Labute approximate surface area is 154 Å². The quantitative estimate of drug-likeness (QED) is 0.407. The minimum absolute atomic E-state index is 0.0153. The van der Waals surface area contributed by atoms with Gasteiger partial charge >= 0.3 is 0 Å². The molecule has 0 saturated carbocycles. The van der Waals surface area contributed by atoms with E-state index >= 15 is 0 Å². The lowest BCUT2D eigenvalue weighted by Gasteiger charge is -2.05. The van der Waals surface area contributed by atoms with E-state index in [-0.39, 0.29) is 11.4 Å². The van der Waals surface area contributed by atoms with Crippen LogP contribution in [0.3, 0.4) is 0 Å². The van der Waals surface area contributed by atoms with Crippen LogP contribution in [0.4, 0.5) is 22.7 Å². The summed E-state index contributed by atoms with van der Waals surface area (Å²) in [6.07, 6.45) is 0.500. The van der Waals surface area contributed by atoms with Crippen LogP contribution in [0.2, 0.25) is 0 Å². The Bertz CT molecular complexity index is 802. The molecule has 0 aliphatic rings. The maximum atomic E-state index is 10.6. The summed E-state index contributed by atoms with van der Waals surface area (Å²) in [5.74, 6) is 0. The average Bonchev–Trinajstić information content (AvgIpc) is 2.65. The first kappa shape index (κ1) is 19.5. The van der Waals surface area contributed by atoms with Crippen LogP contribution in [0.5, 0.6) is 0 Å². The second-order valence-electron chi connectivity index (χ2n) is 5.70. The molecular formula is C17H18N6O4. The lowest BCUT2D eigenvalue weighted by Crippen LogP contribution is -2.06. The Morgan fingerprint density at radius 2 is 1.11 bits per heavy atom. The lowest BCUT2D eigenvalue weighted by molar-refractivity contribution is -0.385. The molecule has 2 aromatic rings. The van der Waals surface area contributed by atoms with E-state index in [1.807, 2.05) is 13.8 Å². The van der Waals surface area contributed by atoms with Crippen molar-refractivity contribution in [3.63, 3.8) is 0 Å². The SMILES string of the molecule is C/C(C/C(C)=N/Nc1ccc([N+](=O)[O-])cc1)=N/Nc1ccc([N+](=O)[O-])cc1. The highest BCUT2D eigenvalue weighted by atomic mass is 16.6. The van der Waals surface area contributed by atoms with E-state index in [4.69, 9.17) is 0 Å². The summed E-state index contributed by atoms with van der Waals surface area (Å²) in [6, 6.07) is 11.9. The maximum Gasteiger partial charge on any atom is 0.269 e. The van der Waals surface area contributed by atoms with Crippen molar-refractivity contribution in [2.45, 2.75) is 20.3 Å². The van der Waals surface area contributed by atoms with Crippen LogP contribution in [0.1, 0.15) is 20.3 Å². The average molecular weight is 370 g/mol. The maximum absolute atomic E-state index is 10.6. The van der Waals surface area contributed by atoms with Crippen molar-refractivity contribution in [1.82, 2.24) is 0 Å². The molecule has 0 spiro atoms. The number of non-ortho nitro benzene ring substituents is 2. The number of hydrogen-bond acceptors (Lipinski definition) is 8.